The second kappa shape index (κ2) is 11.2. The summed E-state index contributed by atoms with van der Waals surface area (Å²) in [7, 11) is 1.79. The Balaban J connectivity index is 0.000000687. The van der Waals surface area contributed by atoms with E-state index in [1.807, 2.05) is 0 Å². The number of aldehydes is 1. The van der Waals surface area contributed by atoms with Gasteiger partial charge in [-0.3, -0.25) is 9.91 Å². The number of halogens is 2. The molecular formula is C19H23ClFN5O3. The van der Waals surface area contributed by atoms with Crippen LogP contribution in [-0.4, -0.2) is 75.5 Å². The van der Waals surface area contributed by atoms with Gasteiger partial charge in [0.2, 0.25) is 0 Å². The lowest BCUT2D eigenvalue weighted by atomic mass is 10.2. The van der Waals surface area contributed by atoms with Gasteiger partial charge in [0.1, 0.15) is 24.5 Å². The largest absolute Gasteiger partial charge is 0.443 e. The summed E-state index contributed by atoms with van der Waals surface area (Å²) < 4.78 is 19.8. The van der Waals surface area contributed by atoms with E-state index in [0.29, 0.717) is 50.4 Å². The van der Waals surface area contributed by atoms with E-state index in [1.165, 1.54) is 11.0 Å². The van der Waals surface area contributed by atoms with Gasteiger partial charge in [0.25, 0.3) is 0 Å². The van der Waals surface area contributed by atoms with Crippen molar-refractivity contribution in [2.75, 3.05) is 55.5 Å². The molecule has 1 unspecified atom stereocenters. The first-order valence-corrected chi connectivity index (χ1v) is 9.48. The monoisotopic (exact) mass is 423 g/mol. The molecule has 29 heavy (non-hydrogen) atoms. The highest BCUT2D eigenvalue weighted by Crippen LogP contribution is 2.28. The number of nitrogens with one attached hydrogen (secondary N) is 1. The van der Waals surface area contributed by atoms with Crippen LogP contribution in [0.1, 0.15) is 0 Å². The summed E-state index contributed by atoms with van der Waals surface area (Å²) in [5.74, 6) is 2.22. The van der Waals surface area contributed by atoms with E-state index < -0.39 is 11.9 Å². The minimum atomic E-state index is -0.461. The number of rotatable bonds is 6. The molecule has 1 aromatic carbocycles. The number of nitrogens with zero attached hydrogens (tertiary/aromatic N) is 4. The fourth-order valence-corrected chi connectivity index (χ4v) is 2.84. The van der Waals surface area contributed by atoms with Gasteiger partial charge >= 0.3 is 6.09 Å². The molecule has 1 atom stereocenters. The van der Waals surface area contributed by atoms with E-state index >= 15 is 0 Å². The van der Waals surface area contributed by atoms with Gasteiger partial charge in [0.05, 0.1) is 36.9 Å². The maximum absolute atomic E-state index is 14.6. The number of benzene rings is 1. The maximum Gasteiger partial charge on any atom is 0.414 e. The summed E-state index contributed by atoms with van der Waals surface area (Å²) in [4.78, 5) is 24.2. The number of anilines is 2. The molecule has 1 amide bonds. The predicted octanol–water partition coefficient (Wildman–Crippen LogP) is 1.49. The number of cyclic esters (lactones) is 1. The zero-order valence-electron chi connectivity index (χ0n) is 16.1. The van der Waals surface area contributed by atoms with Gasteiger partial charge in [-0.05, 0) is 25.2 Å². The van der Waals surface area contributed by atoms with Crippen molar-refractivity contribution < 1.29 is 18.7 Å². The average molecular weight is 424 g/mol. The molecule has 156 valence electrons. The summed E-state index contributed by atoms with van der Waals surface area (Å²) in [5.41, 5.74) is 0.889. The molecule has 0 saturated carbocycles. The van der Waals surface area contributed by atoms with Gasteiger partial charge in [0, 0.05) is 13.1 Å². The number of terminal acetylenes is 1. The van der Waals surface area contributed by atoms with Crippen LogP contribution in [-0.2, 0) is 9.53 Å². The number of amides is 1. The predicted molar refractivity (Wildman–Crippen MR) is 111 cm³/mol. The number of alkyl halides is 1. The van der Waals surface area contributed by atoms with Gasteiger partial charge in [-0.1, -0.05) is 5.92 Å². The number of hydrazone groups is 1. The molecule has 2 heterocycles. The van der Waals surface area contributed by atoms with Crippen LogP contribution >= 0.6 is 11.6 Å². The Hall–Kier alpha value is -2.83. The maximum atomic E-state index is 14.6. The lowest BCUT2D eigenvalue weighted by Gasteiger charge is -2.29. The third kappa shape index (κ3) is 6.07. The van der Waals surface area contributed by atoms with E-state index in [0.717, 1.165) is 0 Å². The van der Waals surface area contributed by atoms with Gasteiger partial charge in [-0.2, -0.15) is 5.10 Å². The minimum Gasteiger partial charge on any atom is -0.443 e. The van der Waals surface area contributed by atoms with Gasteiger partial charge in [-0.25, -0.2) is 9.18 Å². The zero-order chi connectivity index (χ0) is 21.2. The molecule has 3 rings (SSSR count). The first-order chi connectivity index (χ1) is 14.0. The van der Waals surface area contributed by atoms with Crippen LogP contribution in [0.5, 0.6) is 0 Å². The molecule has 2 aliphatic heterocycles. The Morgan fingerprint density at radius 3 is 2.79 bits per heavy atom. The summed E-state index contributed by atoms with van der Waals surface area (Å²) >= 11 is 4.82. The molecule has 0 aromatic heterocycles. The Kier molecular flexibility index (Phi) is 8.70. The number of carbonyl (C=O) groups excluding carboxylic acids is 2. The Morgan fingerprint density at radius 2 is 2.24 bits per heavy atom. The highest BCUT2D eigenvalue weighted by molar-refractivity contribution is 6.24. The van der Waals surface area contributed by atoms with Crippen LogP contribution in [0.2, 0.25) is 0 Å². The van der Waals surface area contributed by atoms with Crippen molar-refractivity contribution >= 4 is 41.7 Å². The topological polar surface area (TPSA) is 77.5 Å². The number of hydrogen-bond acceptors (Lipinski definition) is 7. The van der Waals surface area contributed by atoms with Crippen molar-refractivity contribution in [3.63, 3.8) is 0 Å². The Bertz CT molecular complexity index is 786. The van der Waals surface area contributed by atoms with Crippen LogP contribution in [0, 0.1) is 18.2 Å². The molecule has 1 fully saturated rings. The normalized spacial score (nSPS) is 18.1. The standard InChI is InChI=1S/C17H20FN5O2.C2H3ClO/c1-3-6-22-8-7-21(12-20-22)16-5-4-13(9-15(16)18)23-11-14(10-19-2)25-17(23)24;3-1-2-4/h1,4-5,9,12,14,19H,6-8,10-11H2,2H3;2H,1H2. The quantitative estimate of drug-likeness (QED) is 0.424. The van der Waals surface area contributed by atoms with Crippen LogP contribution < -0.4 is 15.1 Å². The van der Waals surface area contributed by atoms with Crippen molar-refractivity contribution in [3.05, 3.63) is 24.0 Å². The van der Waals surface area contributed by atoms with Crippen LogP contribution in [0.4, 0.5) is 20.6 Å². The molecule has 0 spiro atoms. The molecular weight excluding hydrogens is 401 g/mol. The molecule has 10 heteroatoms. The lowest BCUT2D eigenvalue weighted by Crippen LogP contribution is -2.38. The van der Waals surface area contributed by atoms with Crippen LogP contribution in [0.25, 0.3) is 0 Å². The third-order valence-electron chi connectivity index (χ3n) is 4.15. The third-order valence-corrected chi connectivity index (χ3v) is 4.27. The summed E-state index contributed by atoms with van der Waals surface area (Å²) in [6, 6.07) is 4.70. The summed E-state index contributed by atoms with van der Waals surface area (Å²) in [6.45, 7) is 2.58. The fraction of sp³-hybridized carbons (Fsp3) is 0.421. The first-order valence-electron chi connectivity index (χ1n) is 8.95. The highest BCUT2D eigenvalue weighted by atomic mass is 35.5. The van der Waals surface area contributed by atoms with Crippen LogP contribution in [0.3, 0.4) is 0 Å². The minimum absolute atomic E-state index is 0.111. The Morgan fingerprint density at radius 1 is 1.48 bits per heavy atom. The number of likely N-dealkylation sites (N-methyl/N-ethyl adjacent to an activating group) is 1. The SMILES string of the molecule is C#CCN1CCN(c2ccc(N3CC(CNC)OC3=O)cc2F)C=N1.O=CCCl. The van der Waals surface area contributed by atoms with Gasteiger partial charge in [0.15, 0.2) is 0 Å². The second-order valence-electron chi connectivity index (χ2n) is 6.15. The zero-order valence-corrected chi connectivity index (χ0v) is 16.8. The van der Waals surface area contributed by atoms with Crippen molar-refractivity contribution in [1.82, 2.24) is 10.3 Å². The Labute approximate surface area is 174 Å². The summed E-state index contributed by atoms with van der Waals surface area (Å²) in [5, 5.41) is 8.90. The fourth-order valence-electron chi connectivity index (χ4n) is 2.84. The average Bonchev–Trinajstić information content (AvgIpc) is 3.09. The van der Waals surface area contributed by atoms with Crippen molar-refractivity contribution in [2.45, 2.75) is 6.10 Å². The summed E-state index contributed by atoms with van der Waals surface area (Å²) in [6.07, 6.45) is 6.76. The molecule has 1 aromatic rings. The molecule has 1 saturated heterocycles. The van der Waals surface area contributed by atoms with E-state index in [1.54, 1.807) is 35.4 Å². The van der Waals surface area contributed by atoms with E-state index in [2.05, 4.69) is 16.3 Å². The van der Waals surface area contributed by atoms with Gasteiger partial charge in [-0.15, -0.1) is 18.0 Å². The van der Waals surface area contributed by atoms with E-state index in [-0.39, 0.29) is 12.0 Å². The van der Waals surface area contributed by atoms with E-state index in [9.17, 15) is 9.18 Å². The number of hydrogen-bond donors (Lipinski definition) is 1. The molecule has 0 aliphatic carbocycles. The molecule has 2 aliphatic rings. The van der Waals surface area contributed by atoms with Crippen LogP contribution in [0.15, 0.2) is 23.3 Å². The van der Waals surface area contributed by atoms with Crippen molar-refractivity contribution in [3.8, 4) is 12.3 Å². The van der Waals surface area contributed by atoms with E-state index in [4.69, 9.17) is 27.6 Å². The highest BCUT2D eigenvalue weighted by Gasteiger charge is 2.32. The molecule has 8 nitrogen and oxygen atoms in total. The number of carbonyl (C=O) groups is 2. The molecule has 0 bridgehead atoms. The number of ether oxygens (including phenoxy) is 1. The van der Waals surface area contributed by atoms with Crippen molar-refractivity contribution in [1.29, 1.82) is 0 Å². The first kappa shape index (κ1) is 22.5. The lowest BCUT2D eigenvalue weighted by molar-refractivity contribution is -0.105. The molecule has 1 N–H and O–H groups in total. The van der Waals surface area contributed by atoms with Crippen molar-refractivity contribution in [2.24, 2.45) is 5.10 Å². The smallest absolute Gasteiger partial charge is 0.414 e. The van der Waals surface area contributed by atoms with Gasteiger partial charge < -0.3 is 19.7 Å². The molecule has 0 radical (unpaired) electrons. The second-order valence-corrected chi connectivity index (χ2v) is 6.46.